The van der Waals surface area contributed by atoms with Gasteiger partial charge in [-0.15, -0.1) is 0 Å². The fraction of sp³-hybridized carbons (Fsp3) is 0.538. The van der Waals surface area contributed by atoms with Crippen molar-refractivity contribution in [3.63, 3.8) is 0 Å². The normalized spacial score (nSPS) is 13.9. The third-order valence-electron chi connectivity index (χ3n) is 2.83. The van der Waals surface area contributed by atoms with Crippen molar-refractivity contribution in [1.29, 1.82) is 0 Å². The fourth-order valence-corrected chi connectivity index (χ4v) is 2.67. The van der Waals surface area contributed by atoms with E-state index in [1.165, 1.54) is 0 Å². The van der Waals surface area contributed by atoms with Crippen LogP contribution < -0.4 is 5.73 Å². The highest BCUT2D eigenvalue weighted by molar-refractivity contribution is 7.91. The van der Waals surface area contributed by atoms with E-state index in [0.29, 0.717) is 6.42 Å². The molecule has 1 unspecified atom stereocenters. The smallest absolute Gasteiger partial charge is 0.152 e. The van der Waals surface area contributed by atoms with Gasteiger partial charge in [-0.25, -0.2) is 8.42 Å². The molecule has 17 heavy (non-hydrogen) atoms. The molecule has 0 aromatic heterocycles. The number of sulfone groups is 1. The Bertz CT molecular complexity index is 426. The van der Waals surface area contributed by atoms with Gasteiger partial charge < -0.3 is 5.73 Å². The Balaban J connectivity index is 2.44. The minimum Gasteiger partial charge on any atom is -0.327 e. The molecule has 0 bridgehead atoms. The molecule has 1 rings (SSSR count). The van der Waals surface area contributed by atoms with Gasteiger partial charge in [0.1, 0.15) is 0 Å². The van der Waals surface area contributed by atoms with E-state index in [4.69, 9.17) is 5.73 Å². The first-order valence-electron chi connectivity index (χ1n) is 5.93. The lowest BCUT2D eigenvalue weighted by Crippen LogP contribution is -2.28. The molecule has 0 aliphatic heterocycles. The summed E-state index contributed by atoms with van der Waals surface area (Å²) in [5.74, 6) is 0.179. The Morgan fingerprint density at radius 2 is 1.76 bits per heavy atom. The van der Waals surface area contributed by atoms with Crippen LogP contribution in [0.15, 0.2) is 30.3 Å². The lowest BCUT2D eigenvalue weighted by atomic mass is 10.1. The van der Waals surface area contributed by atoms with Crippen LogP contribution in [0.5, 0.6) is 0 Å². The minimum absolute atomic E-state index is 0.0917. The van der Waals surface area contributed by atoms with Crippen molar-refractivity contribution in [2.45, 2.75) is 38.0 Å². The minimum atomic E-state index is -2.97. The molecular weight excluding hydrogens is 234 g/mol. The molecule has 0 radical (unpaired) electrons. The SMILES string of the molecule is CC(C)S(=O)(=O)CCC(N)Cc1ccccc1. The van der Waals surface area contributed by atoms with Gasteiger partial charge >= 0.3 is 0 Å². The summed E-state index contributed by atoms with van der Waals surface area (Å²) >= 11 is 0. The van der Waals surface area contributed by atoms with Crippen molar-refractivity contribution in [3.05, 3.63) is 35.9 Å². The fourth-order valence-electron chi connectivity index (χ4n) is 1.57. The highest BCUT2D eigenvalue weighted by Crippen LogP contribution is 2.08. The number of hydrogen-bond donors (Lipinski definition) is 1. The second kappa shape index (κ2) is 6.17. The third kappa shape index (κ3) is 4.88. The summed E-state index contributed by atoms with van der Waals surface area (Å²) < 4.78 is 23.3. The molecule has 2 N–H and O–H groups in total. The maximum atomic E-state index is 11.6. The van der Waals surface area contributed by atoms with Gasteiger partial charge in [0.05, 0.1) is 11.0 Å². The zero-order chi connectivity index (χ0) is 12.9. The van der Waals surface area contributed by atoms with Crippen molar-refractivity contribution in [3.8, 4) is 0 Å². The summed E-state index contributed by atoms with van der Waals surface area (Å²) in [6.07, 6.45) is 1.25. The summed E-state index contributed by atoms with van der Waals surface area (Å²) in [5.41, 5.74) is 7.10. The van der Waals surface area contributed by atoms with Crippen LogP contribution >= 0.6 is 0 Å². The number of nitrogens with two attached hydrogens (primary N) is 1. The molecule has 0 aliphatic rings. The monoisotopic (exact) mass is 255 g/mol. The summed E-state index contributed by atoms with van der Waals surface area (Å²) in [4.78, 5) is 0. The lowest BCUT2D eigenvalue weighted by molar-refractivity contribution is 0.573. The van der Waals surface area contributed by atoms with Gasteiger partial charge in [-0.2, -0.15) is 0 Å². The Morgan fingerprint density at radius 3 is 2.29 bits per heavy atom. The Kier molecular flexibility index (Phi) is 5.15. The van der Waals surface area contributed by atoms with E-state index in [0.717, 1.165) is 12.0 Å². The van der Waals surface area contributed by atoms with Gasteiger partial charge in [-0.05, 0) is 32.3 Å². The van der Waals surface area contributed by atoms with Gasteiger partial charge in [0.25, 0.3) is 0 Å². The van der Waals surface area contributed by atoms with Crippen LogP contribution in [0, 0.1) is 0 Å². The van der Waals surface area contributed by atoms with Gasteiger partial charge in [-0.3, -0.25) is 0 Å². The zero-order valence-corrected chi connectivity index (χ0v) is 11.3. The topological polar surface area (TPSA) is 60.2 Å². The maximum Gasteiger partial charge on any atom is 0.152 e. The lowest BCUT2D eigenvalue weighted by Gasteiger charge is -2.13. The first kappa shape index (κ1) is 14.2. The van der Waals surface area contributed by atoms with E-state index < -0.39 is 9.84 Å². The second-order valence-electron chi connectivity index (χ2n) is 4.65. The largest absolute Gasteiger partial charge is 0.327 e. The molecule has 0 saturated carbocycles. The molecule has 4 heteroatoms. The van der Waals surface area contributed by atoms with Crippen LogP contribution in [0.25, 0.3) is 0 Å². The number of benzene rings is 1. The van der Waals surface area contributed by atoms with Gasteiger partial charge in [-0.1, -0.05) is 30.3 Å². The molecule has 1 atom stereocenters. The molecular formula is C13H21NO2S. The van der Waals surface area contributed by atoms with Gasteiger partial charge in [0, 0.05) is 6.04 Å². The van der Waals surface area contributed by atoms with E-state index in [2.05, 4.69) is 0 Å². The summed E-state index contributed by atoms with van der Waals surface area (Å²) in [5, 5.41) is -0.313. The molecule has 96 valence electrons. The Labute approximate surface area is 104 Å². The van der Waals surface area contributed by atoms with Crippen molar-refractivity contribution in [1.82, 2.24) is 0 Å². The standard InChI is InChI=1S/C13H21NO2S/c1-11(2)17(15,16)9-8-13(14)10-12-6-4-3-5-7-12/h3-7,11,13H,8-10,14H2,1-2H3. The van der Waals surface area contributed by atoms with Crippen LogP contribution in [0.1, 0.15) is 25.8 Å². The van der Waals surface area contributed by atoms with Crippen molar-refractivity contribution in [2.24, 2.45) is 5.73 Å². The van der Waals surface area contributed by atoms with Crippen molar-refractivity contribution >= 4 is 9.84 Å². The molecule has 0 fully saturated rings. The Hall–Kier alpha value is -0.870. The molecule has 1 aromatic carbocycles. The van der Waals surface area contributed by atoms with Crippen LogP contribution in [0.3, 0.4) is 0 Å². The number of hydrogen-bond acceptors (Lipinski definition) is 3. The molecule has 0 amide bonds. The predicted molar refractivity (Wildman–Crippen MR) is 71.7 cm³/mol. The summed E-state index contributed by atoms with van der Waals surface area (Å²) in [6, 6.07) is 9.82. The molecule has 0 aliphatic carbocycles. The van der Waals surface area contributed by atoms with Crippen molar-refractivity contribution < 1.29 is 8.42 Å². The molecule has 0 saturated heterocycles. The van der Waals surface area contributed by atoms with E-state index in [9.17, 15) is 8.42 Å². The maximum absolute atomic E-state index is 11.6. The molecule has 3 nitrogen and oxygen atoms in total. The van der Waals surface area contributed by atoms with Crippen LogP contribution in [0.2, 0.25) is 0 Å². The van der Waals surface area contributed by atoms with Crippen LogP contribution in [0.4, 0.5) is 0 Å². The second-order valence-corrected chi connectivity index (χ2v) is 7.33. The highest BCUT2D eigenvalue weighted by atomic mass is 32.2. The van der Waals surface area contributed by atoms with Crippen LogP contribution in [-0.4, -0.2) is 25.5 Å². The van der Waals surface area contributed by atoms with E-state index in [1.807, 2.05) is 30.3 Å². The Morgan fingerprint density at radius 1 is 1.18 bits per heavy atom. The van der Waals surface area contributed by atoms with E-state index in [1.54, 1.807) is 13.8 Å². The van der Waals surface area contributed by atoms with Gasteiger partial charge in [0.15, 0.2) is 9.84 Å². The quantitative estimate of drug-likeness (QED) is 0.842. The summed E-state index contributed by atoms with van der Waals surface area (Å²) in [7, 11) is -2.97. The zero-order valence-electron chi connectivity index (χ0n) is 10.5. The molecule has 0 spiro atoms. The highest BCUT2D eigenvalue weighted by Gasteiger charge is 2.17. The third-order valence-corrected chi connectivity index (χ3v) is 5.07. The van der Waals surface area contributed by atoms with E-state index >= 15 is 0 Å². The summed E-state index contributed by atoms with van der Waals surface area (Å²) in [6.45, 7) is 3.41. The average molecular weight is 255 g/mol. The average Bonchev–Trinajstić information content (AvgIpc) is 2.28. The molecule has 0 heterocycles. The first-order valence-corrected chi connectivity index (χ1v) is 7.64. The van der Waals surface area contributed by atoms with Crippen LogP contribution in [-0.2, 0) is 16.3 Å². The van der Waals surface area contributed by atoms with E-state index in [-0.39, 0.29) is 17.0 Å². The first-order chi connectivity index (χ1) is 7.92. The van der Waals surface area contributed by atoms with Crippen molar-refractivity contribution in [2.75, 3.05) is 5.75 Å². The van der Waals surface area contributed by atoms with Gasteiger partial charge in [0.2, 0.25) is 0 Å². The molecule has 1 aromatic rings. The predicted octanol–water partition coefficient (Wildman–Crippen LogP) is 1.77. The number of rotatable bonds is 6.